The van der Waals surface area contributed by atoms with E-state index in [0.717, 1.165) is 47.4 Å². The summed E-state index contributed by atoms with van der Waals surface area (Å²) in [6.45, 7) is 4.03. The Balaban J connectivity index is 2.61. The third-order valence-corrected chi connectivity index (χ3v) is 4.09. The van der Waals surface area contributed by atoms with Gasteiger partial charge in [-0.05, 0) is 37.8 Å². The Morgan fingerprint density at radius 3 is 2.53 bits per heavy atom. The molecule has 1 aliphatic carbocycles. The van der Waals surface area contributed by atoms with Gasteiger partial charge in [-0.25, -0.2) is 4.79 Å². The summed E-state index contributed by atoms with van der Waals surface area (Å²) in [7, 11) is 0. The van der Waals surface area contributed by atoms with Crippen LogP contribution in [-0.2, 0) is 10.3 Å². The van der Waals surface area contributed by atoms with Crippen molar-refractivity contribution in [2.24, 2.45) is 4.99 Å². The van der Waals surface area contributed by atoms with Crippen LogP contribution in [-0.4, -0.2) is 6.08 Å². The van der Waals surface area contributed by atoms with Crippen LogP contribution in [0.5, 0.6) is 0 Å². The van der Waals surface area contributed by atoms with Crippen LogP contribution in [0.15, 0.2) is 17.1 Å². The molecule has 90 valence electrons. The van der Waals surface area contributed by atoms with Gasteiger partial charge in [0, 0.05) is 5.02 Å². The third kappa shape index (κ3) is 2.15. The number of halogens is 1. The first-order chi connectivity index (χ1) is 8.09. The molecule has 1 aliphatic rings. The Bertz CT molecular complexity index is 483. The monoisotopic (exact) mass is 249 g/mol. The van der Waals surface area contributed by atoms with Crippen LogP contribution in [0, 0.1) is 13.8 Å². The number of benzene rings is 1. The Kier molecular flexibility index (Phi) is 3.37. The smallest absolute Gasteiger partial charge is 0.211 e. The lowest BCUT2D eigenvalue weighted by molar-refractivity contribution is 0.455. The molecule has 0 heterocycles. The van der Waals surface area contributed by atoms with Gasteiger partial charge in [0.1, 0.15) is 0 Å². The van der Waals surface area contributed by atoms with Gasteiger partial charge in [-0.15, -0.1) is 0 Å². The fourth-order valence-electron chi connectivity index (χ4n) is 2.78. The van der Waals surface area contributed by atoms with Crippen molar-refractivity contribution in [3.8, 4) is 0 Å². The lowest BCUT2D eigenvalue weighted by Crippen LogP contribution is -2.20. The highest BCUT2D eigenvalue weighted by molar-refractivity contribution is 6.32. The number of carbonyl (C=O) groups excluding carboxylic acids is 1. The normalized spacial score (nSPS) is 17.8. The maximum Gasteiger partial charge on any atom is 0.235 e. The molecule has 0 atom stereocenters. The van der Waals surface area contributed by atoms with E-state index in [2.05, 4.69) is 17.1 Å². The molecule has 0 unspecified atom stereocenters. The molecule has 0 saturated heterocycles. The number of nitrogens with zero attached hydrogens (tertiary/aromatic N) is 1. The van der Waals surface area contributed by atoms with E-state index < -0.39 is 5.54 Å². The van der Waals surface area contributed by atoms with Gasteiger partial charge >= 0.3 is 0 Å². The van der Waals surface area contributed by atoms with Crippen LogP contribution in [0.1, 0.15) is 42.4 Å². The average molecular weight is 250 g/mol. The second-order valence-corrected chi connectivity index (χ2v) is 5.26. The molecule has 1 fully saturated rings. The number of aryl methyl sites for hydroxylation is 2. The van der Waals surface area contributed by atoms with Crippen molar-refractivity contribution in [2.45, 2.75) is 45.1 Å². The highest BCUT2D eigenvalue weighted by Crippen LogP contribution is 2.45. The molecule has 17 heavy (non-hydrogen) atoms. The van der Waals surface area contributed by atoms with Crippen molar-refractivity contribution in [1.29, 1.82) is 0 Å². The van der Waals surface area contributed by atoms with Crippen LogP contribution < -0.4 is 0 Å². The molecule has 2 rings (SSSR count). The summed E-state index contributed by atoms with van der Waals surface area (Å²) in [6, 6.07) is 4.11. The molecular weight excluding hydrogens is 234 g/mol. The molecule has 3 heteroatoms. The molecule has 0 spiro atoms. The fourth-order valence-corrected chi connectivity index (χ4v) is 3.06. The molecule has 0 radical (unpaired) electrons. The van der Waals surface area contributed by atoms with E-state index in [-0.39, 0.29) is 0 Å². The molecule has 1 aromatic rings. The summed E-state index contributed by atoms with van der Waals surface area (Å²) in [5, 5.41) is 0.747. The summed E-state index contributed by atoms with van der Waals surface area (Å²) in [5.41, 5.74) is 2.79. The number of isocyanates is 1. The average Bonchev–Trinajstić information content (AvgIpc) is 2.73. The first kappa shape index (κ1) is 12.3. The zero-order valence-electron chi connectivity index (χ0n) is 10.2. The Morgan fingerprint density at radius 2 is 1.94 bits per heavy atom. The van der Waals surface area contributed by atoms with Crippen molar-refractivity contribution in [3.05, 3.63) is 33.8 Å². The highest BCUT2D eigenvalue weighted by Gasteiger charge is 2.37. The molecule has 0 aliphatic heterocycles. The Labute approximate surface area is 107 Å². The maximum atomic E-state index is 10.7. The molecule has 0 aromatic heterocycles. The summed E-state index contributed by atoms with van der Waals surface area (Å²) < 4.78 is 0. The lowest BCUT2D eigenvalue weighted by Gasteiger charge is -2.25. The zero-order chi connectivity index (χ0) is 12.5. The third-order valence-electron chi connectivity index (χ3n) is 3.59. The number of hydrogen-bond acceptors (Lipinski definition) is 2. The molecule has 0 bridgehead atoms. The predicted octanol–water partition coefficient (Wildman–Crippen LogP) is 4.06. The molecule has 0 N–H and O–H groups in total. The van der Waals surface area contributed by atoms with Crippen molar-refractivity contribution in [1.82, 2.24) is 0 Å². The topological polar surface area (TPSA) is 29.4 Å². The second kappa shape index (κ2) is 4.64. The largest absolute Gasteiger partial charge is 0.235 e. The molecule has 0 amide bonds. The minimum atomic E-state index is -0.421. The predicted molar refractivity (Wildman–Crippen MR) is 69.2 cm³/mol. The van der Waals surface area contributed by atoms with Crippen LogP contribution in [0.2, 0.25) is 5.02 Å². The van der Waals surface area contributed by atoms with E-state index in [0.29, 0.717) is 0 Å². The van der Waals surface area contributed by atoms with Crippen molar-refractivity contribution in [3.63, 3.8) is 0 Å². The van der Waals surface area contributed by atoms with Gasteiger partial charge in [0.05, 0.1) is 5.54 Å². The van der Waals surface area contributed by atoms with E-state index in [1.165, 1.54) is 0 Å². The van der Waals surface area contributed by atoms with E-state index in [4.69, 9.17) is 11.6 Å². The minimum absolute atomic E-state index is 0.421. The van der Waals surface area contributed by atoms with Gasteiger partial charge in [-0.3, -0.25) is 0 Å². The number of aliphatic imine (C=N–C) groups is 1. The number of rotatable bonds is 2. The standard InChI is InChI=1S/C14H16ClNO/c1-10-7-11(2)13(15)12(8-10)14(16-9-17)5-3-4-6-14/h7-8H,3-6H2,1-2H3. The van der Waals surface area contributed by atoms with Gasteiger partial charge in [-0.2, -0.15) is 4.99 Å². The van der Waals surface area contributed by atoms with E-state index in [1.807, 2.05) is 13.8 Å². The molecule has 2 nitrogen and oxygen atoms in total. The van der Waals surface area contributed by atoms with Gasteiger partial charge in [-0.1, -0.05) is 42.1 Å². The van der Waals surface area contributed by atoms with Crippen LogP contribution >= 0.6 is 11.6 Å². The SMILES string of the molecule is Cc1cc(C)c(Cl)c(C2(N=C=O)CCCC2)c1. The maximum absolute atomic E-state index is 10.7. The molecule has 1 aromatic carbocycles. The van der Waals surface area contributed by atoms with Gasteiger partial charge in [0.15, 0.2) is 0 Å². The van der Waals surface area contributed by atoms with E-state index >= 15 is 0 Å². The lowest BCUT2D eigenvalue weighted by atomic mass is 9.87. The summed E-state index contributed by atoms with van der Waals surface area (Å²) in [5.74, 6) is 0. The number of hydrogen-bond donors (Lipinski definition) is 0. The van der Waals surface area contributed by atoms with Crippen LogP contribution in [0.25, 0.3) is 0 Å². The molecule has 1 saturated carbocycles. The van der Waals surface area contributed by atoms with Gasteiger partial charge in [0.25, 0.3) is 0 Å². The van der Waals surface area contributed by atoms with E-state index in [1.54, 1.807) is 6.08 Å². The van der Waals surface area contributed by atoms with Crippen LogP contribution in [0.3, 0.4) is 0 Å². The summed E-state index contributed by atoms with van der Waals surface area (Å²) >= 11 is 6.38. The first-order valence-corrected chi connectivity index (χ1v) is 6.33. The van der Waals surface area contributed by atoms with Crippen molar-refractivity contribution < 1.29 is 4.79 Å². The van der Waals surface area contributed by atoms with Gasteiger partial charge < -0.3 is 0 Å². The van der Waals surface area contributed by atoms with Crippen molar-refractivity contribution >= 4 is 17.7 Å². The first-order valence-electron chi connectivity index (χ1n) is 5.95. The Hall–Kier alpha value is -1.11. The highest BCUT2D eigenvalue weighted by atomic mass is 35.5. The Morgan fingerprint density at radius 1 is 1.29 bits per heavy atom. The summed E-state index contributed by atoms with van der Waals surface area (Å²) in [6.07, 6.45) is 5.70. The fraction of sp³-hybridized carbons (Fsp3) is 0.500. The quantitative estimate of drug-likeness (QED) is 0.574. The molecular formula is C14H16ClNO. The van der Waals surface area contributed by atoms with E-state index in [9.17, 15) is 4.79 Å². The zero-order valence-corrected chi connectivity index (χ0v) is 11.0. The van der Waals surface area contributed by atoms with Crippen LogP contribution in [0.4, 0.5) is 0 Å². The van der Waals surface area contributed by atoms with Crippen molar-refractivity contribution in [2.75, 3.05) is 0 Å². The second-order valence-electron chi connectivity index (χ2n) is 4.89. The minimum Gasteiger partial charge on any atom is -0.211 e. The van der Waals surface area contributed by atoms with Gasteiger partial charge in [0.2, 0.25) is 6.08 Å². The summed E-state index contributed by atoms with van der Waals surface area (Å²) in [4.78, 5) is 14.8.